The summed E-state index contributed by atoms with van der Waals surface area (Å²) >= 11 is 0. The molecule has 2 amide bonds. The summed E-state index contributed by atoms with van der Waals surface area (Å²) in [4.78, 5) is 25.7. The van der Waals surface area contributed by atoms with Gasteiger partial charge in [0.05, 0.1) is 12.1 Å². The first kappa shape index (κ1) is 16.8. The van der Waals surface area contributed by atoms with Gasteiger partial charge in [0.1, 0.15) is 11.6 Å². The second-order valence-electron chi connectivity index (χ2n) is 5.67. The summed E-state index contributed by atoms with van der Waals surface area (Å²) in [5.41, 5.74) is 3.58. The molecule has 3 rings (SSSR count). The van der Waals surface area contributed by atoms with E-state index >= 15 is 0 Å². The van der Waals surface area contributed by atoms with Gasteiger partial charge in [-0.05, 0) is 42.0 Å². The van der Waals surface area contributed by atoms with Crippen LogP contribution in [0.3, 0.4) is 0 Å². The highest BCUT2D eigenvalue weighted by molar-refractivity contribution is 6.00. The number of carbonyl (C=O) groups excluding carboxylic acids is 2. The highest BCUT2D eigenvalue weighted by atomic mass is 19.1. The summed E-state index contributed by atoms with van der Waals surface area (Å²) in [5.74, 6) is -1.86. The zero-order valence-electron chi connectivity index (χ0n) is 13.2. The molecule has 1 N–H and O–H groups in total. The first-order valence-corrected chi connectivity index (χ1v) is 7.67. The maximum absolute atomic E-state index is 13.0. The predicted octanol–water partition coefficient (Wildman–Crippen LogP) is 2.47. The highest BCUT2D eigenvalue weighted by Crippen LogP contribution is 2.25. The van der Waals surface area contributed by atoms with Crippen molar-refractivity contribution >= 4 is 23.7 Å². The third-order valence-electron chi connectivity index (χ3n) is 3.89. The molecular formula is C18H15F2N3O2. The van der Waals surface area contributed by atoms with Crippen LogP contribution in [0.15, 0.2) is 53.6 Å². The molecule has 1 atom stereocenters. The molecule has 0 spiro atoms. The molecule has 25 heavy (non-hydrogen) atoms. The molecule has 2 aromatic carbocycles. The average Bonchev–Trinajstić information content (AvgIpc) is 2.99. The van der Waals surface area contributed by atoms with Crippen molar-refractivity contribution in [3.8, 4) is 0 Å². The van der Waals surface area contributed by atoms with Crippen LogP contribution >= 0.6 is 0 Å². The fourth-order valence-electron chi connectivity index (χ4n) is 2.56. The van der Waals surface area contributed by atoms with E-state index in [1.54, 1.807) is 0 Å². The maximum Gasteiger partial charge on any atom is 0.245 e. The minimum Gasteiger partial charge on any atom is -0.312 e. The summed E-state index contributed by atoms with van der Waals surface area (Å²) in [6.07, 6.45) is 1.46. The zero-order valence-corrected chi connectivity index (χ0v) is 13.2. The molecule has 0 saturated carbocycles. The number of hydrogen-bond acceptors (Lipinski definition) is 3. The van der Waals surface area contributed by atoms with Gasteiger partial charge in [0.25, 0.3) is 0 Å². The van der Waals surface area contributed by atoms with Crippen LogP contribution in [0.5, 0.6) is 0 Å². The molecular weight excluding hydrogens is 328 g/mol. The Morgan fingerprint density at radius 2 is 1.68 bits per heavy atom. The highest BCUT2D eigenvalue weighted by Gasteiger charge is 2.35. The normalized spacial score (nSPS) is 17.3. The number of hydrazone groups is 1. The van der Waals surface area contributed by atoms with Crippen molar-refractivity contribution in [3.63, 3.8) is 0 Å². The summed E-state index contributed by atoms with van der Waals surface area (Å²) in [6, 6.07) is 11.2. The first-order chi connectivity index (χ1) is 12.0. The van der Waals surface area contributed by atoms with E-state index in [1.165, 1.54) is 59.6 Å². The molecule has 0 aromatic heterocycles. The molecule has 5 nitrogen and oxygen atoms in total. The maximum atomic E-state index is 13.0. The summed E-state index contributed by atoms with van der Waals surface area (Å²) in [6.45, 7) is 0.211. The number of nitrogens with one attached hydrogen (secondary N) is 1. The van der Waals surface area contributed by atoms with Crippen molar-refractivity contribution in [2.24, 2.45) is 11.0 Å². The number of anilines is 1. The van der Waals surface area contributed by atoms with Crippen LogP contribution in [-0.4, -0.2) is 24.6 Å². The predicted molar refractivity (Wildman–Crippen MR) is 89.0 cm³/mol. The Balaban J connectivity index is 1.59. The van der Waals surface area contributed by atoms with Crippen molar-refractivity contribution in [1.29, 1.82) is 0 Å². The lowest BCUT2D eigenvalue weighted by atomic mass is 10.1. The van der Waals surface area contributed by atoms with E-state index in [1.807, 2.05) is 0 Å². The summed E-state index contributed by atoms with van der Waals surface area (Å²) in [7, 11) is 0. The van der Waals surface area contributed by atoms with E-state index in [4.69, 9.17) is 0 Å². The number of amides is 2. The van der Waals surface area contributed by atoms with Crippen molar-refractivity contribution in [2.45, 2.75) is 6.42 Å². The Bertz CT molecular complexity index is 804. The molecule has 1 aliphatic rings. The molecule has 0 aliphatic carbocycles. The smallest absolute Gasteiger partial charge is 0.245 e. The number of hydrogen-bond donors (Lipinski definition) is 1. The molecule has 0 radical (unpaired) electrons. The number of nitrogens with zero attached hydrogens (tertiary/aromatic N) is 2. The Morgan fingerprint density at radius 3 is 2.32 bits per heavy atom. The van der Waals surface area contributed by atoms with Gasteiger partial charge < -0.3 is 4.90 Å². The van der Waals surface area contributed by atoms with Gasteiger partial charge in [0, 0.05) is 18.7 Å². The number of rotatable bonds is 4. The van der Waals surface area contributed by atoms with Crippen LogP contribution in [0, 0.1) is 17.6 Å². The van der Waals surface area contributed by atoms with Crippen molar-refractivity contribution in [2.75, 3.05) is 11.4 Å². The van der Waals surface area contributed by atoms with Crippen LogP contribution in [0.4, 0.5) is 14.5 Å². The minimum atomic E-state index is -0.539. The molecule has 7 heteroatoms. The number of halogens is 2. The van der Waals surface area contributed by atoms with Gasteiger partial charge in [-0.3, -0.25) is 9.59 Å². The lowest BCUT2D eigenvalue weighted by Crippen LogP contribution is -2.30. The Labute approximate surface area is 143 Å². The Morgan fingerprint density at radius 1 is 1.08 bits per heavy atom. The van der Waals surface area contributed by atoms with Gasteiger partial charge in [-0.25, -0.2) is 14.2 Å². The van der Waals surface area contributed by atoms with Crippen molar-refractivity contribution in [1.82, 2.24) is 5.43 Å². The van der Waals surface area contributed by atoms with Crippen LogP contribution in [0.25, 0.3) is 0 Å². The number of benzene rings is 2. The summed E-state index contributed by atoms with van der Waals surface area (Å²) in [5, 5.41) is 3.82. The largest absolute Gasteiger partial charge is 0.312 e. The Kier molecular flexibility index (Phi) is 4.83. The molecule has 0 bridgehead atoms. The third-order valence-corrected chi connectivity index (χ3v) is 3.89. The fraction of sp³-hybridized carbons (Fsp3) is 0.167. The monoisotopic (exact) mass is 343 g/mol. The molecule has 128 valence electrons. The SMILES string of the molecule is O=C(N/N=C\c1ccc(F)cc1)[C@H]1CC(=O)N(c2ccc(F)cc2)C1. The standard InChI is InChI=1S/C18H15F2N3O2/c19-14-3-1-12(2-4-14)10-21-22-18(25)13-9-17(24)23(11-13)16-7-5-15(20)6-8-16/h1-8,10,13H,9,11H2,(H,22,25)/b21-10-/t13-/m0/s1. The van der Waals surface area contributed by atoms with Gasteiger partial charge in [-0.2, -0.15) is 5.10 Å². The lowest BCUT2D eigenvalue weighted by molar-refractivity contribution is -0.126. The molecule has 1 saturated heterocycles. The van der Waals surface area contributed by atoms with Crippen LogP contribution < -0.4 is 10.3 Å². The van der Waals surface area contributed by atoms with E-state index in [9.17, 15) is 18.4 Å². The van der Waals surface area contributed by atoms with Gasteiger partial charge >= 0.3 is 0 Å². The molecule has 1 aliphatic heterocycles. The van der Waals surface area contributed by atoms with E-state index in [2.05, 4.69) is 10.5 Å². The lowest BCUT2D eigenvalue weighted by Gasteiger charge is -2.16. The van der Waals surface area contributed by atoms with Gasteiger partial charge in [-0.15, -0.1) is 0 Å². The first-order valence-electron chi connectivity index (χ1n) is 7.67. The van der Waals surface area contributed by atoms with E-state index < -0.39 is 5.92 Å². The third kappa shape index (κ3) is 4.06. The molecule has 1 fully saturated rings. The van der Waals surface area contributed by atoms with E-state index in [0.29, 0.717) is 11.3 Å². The van der Waals surface area contributed by atoms with Crippen LogP contribution in [0.2, 0.25) is 0 Å². The van der Waals surface area contributed by atoms with Gasteiger partial charge in [-0.1, -0.05) is 12.1 Å². The zero-order chi connectivity index (χ0) is 17.8. The van der Waals surface area contributed by atoms with E-state index in [0.717, 1.165) is 0 Å². The minimum absolute atomic E-state index is 0.0648. The quantitative estimate of drug-likeness (QED) is 0.685. The van der Waals surface area contributed by atoms with Crippen LogP contribution in [-0.2, 0) is 9.59 Å². The fourth-order valence-corrected chi connectivity index (χ4v) is 2.56. The molecule has 1 heterocycles. The molecule has 2 aromatic rings. The van der Waals surface area contributed by atoms with Crippen molar-refractivity contribution < 1.29 is 18.4 Å². The van der Waals surface area contributed by atoms with Gasteiger partial charge in [0.15, 0.2) is 0 Å². The average molecular weight is 343 g/mol. The van der Waals surface area contributed by atoms with E-state index in [-0.39, 0.29) is 36.4 Å². The second-order valence-corrected chi connectivity index (χ2v) is 5.67. The van der Waals surface area contributed by atoms with Crippen molar-refractivity contribution in [3.05, 3.63) is 65.7 Å². The summed E-state index contributed by atoms with van der Waals surface area (Å²) < 4.78 is 25.8. The second kappa shape index (κ2) is 7.21. The topological polar surface area (TPSA) is 61.8 Å². The van der Waals surface area contributed by atoms with Crippen LogP contribution in [0.1, 0.15) is 12.0 Å². The van der Waals surface area contributed by atoms with Gasteiger partial charge in [0.2, 0.25) is 11.8 Å². The Hall–Kier alpha value is -3.09. The molecule has 0 unspecified atom stereocenters. The number of carbonyl (C=O) groups is 2.